The van der Waals surface area contributed by atoms with Gasteiger partial charge >= 0.3 is 0 Å². The van der Waals surface area contributed by atoms with Crippen LogP contribution in [-0.4, -0.2) is 56.7 Å². The fourth-order valence-corrected chi connectivity index (χ4v) is 4.25. The lowest BCUT2D eigenvalue weighted by Crippen LogP contribution is -2.48. The molecule has 1 amide bonds. The summed E-state index contributed by atoms with van der Waals surface area (Å²) in [7, 11) is 0. The molecule has 1 aliphatic heterocycles. The van der Waals surface area contributed by atoms with E-state index in [0.29, 0.717) is 24.5 Å². The molecular weight excluding hydrogens is 414 g/mol. The van der Waals surface area contributed by atoms with E-state index in [1.807, 2.05) is 33.2 Å². The molecule has 1 aromatic carbocycles. The van der Waals surface area contributed by atoms with Crippen LogP contribution in [0.15, 0.2) is 47.9 Å². The number of aromatic amines is 1. The maximum atomic E-state index is 12.4. The second-order valence-electron chi connectivity index (χ2n) is 7.27. The average Bonchev–Trinajstić information content (AvgIpc) is 3.43. The zero-order valence-corrected chi connectivity index (χ0v) is 18.6. The number of rotatable bonds is 6. The molecule has 30 heavy (non-hydrogen) atoms. The SMILES string of the molecule is CCc1ccc(-c2nc(=S)n(CN3CCN(C(=O)/C=C/c4cccs4)CC3)[nH]2)cc1. The lowest BCUT2D eigenvalue weighted by Gasteiger charge is -2.34. The first-order valence-electron chi connectivity index (χ1n) is 10.1. The molecule has 4 rings (SSSR count). The fraction of sp³-hybridized carbons (Fsp3) is 0.318. The Bertz CT molecular complexity index is 1060. The summed E-state index contributed by atoms with van der Waals surface area (Å²) < 4.78 is 2.44. The Labute approximate surface area is 185 Å². The molecule has 6 nitrogen and oxygen atoms in total. The molecule has 0 saturated carbocycles. The molecule has 0 spiro atoms. The fourth-order valence-electron chi connectivity index (χ4n) is 3.43. The van der Waals surface area contributed by atoms with E-state index in [0.717, 1.165) is 35.8 Å². The number of aromatic nitrogens is 3. The van der Waals surface area contributed by atoms with Crippen LogP contribution in [-0.2, 0) is 17.9 Å². The maximum Gasteiger partial charge on any atom is 0.246 e. The van der Waals surface area contributed by atoms with Gasteiger partial charge in [-0.3, -0.25) is 14.8 Å². The highest BCUT2D eigenvalue weighted by Crippen LogP contribution is 2.17. The molecule has 3 aromatic rings. The standard InChI is InChI=1S/C22H25N5OS2/c1-2-17-5-7-18(8-6-17)21-23-22(29)27(24-21)16-25-11-13-26(14-12-25)20(28)10-9-19-4-3-15-30-19/h3-10,15H,2,11-14,16H2,1H3,(H,23,24,29)/b10-9+. The van der Waals surface area contributed by atoms with Crippen LogP contribution in [0.2, 0.25) is 0 Å². The maximum absolute atomic E-state index is 12.4. The Morgan fingerprint density at radius 3 is 2.63 bits per heavy atom. The third kappa shape index (κ3) is 4.95. The molecule has 1 aliphatic rings. The molecule has 0 unspecified atom stereocenters. The molecule has 0 radical (unpaired) electrons. The van der Waals surface area contributed by atoms with Gasteiger partial charge in [0, 0.05) is 42.7 Å². The second-order valence-corrected chi connectivity index (χ2v) is 8.61. The largest absolute Gasteiger partial charge is 0.337 e. The summed E-state index contributed by atoms with van der Waals surface area (Å²) in [6.07, 6.45) is 4.57. The zero-order valence-electron chi connectivity index (χ0n) is 17.0. The molecule has 0 atom stereocenters. The van der Waals surface area contributed by atoms with Gasteiger partial charge in [0.05, 0.1) is 6.67 Å². The van der Waals surface area contributed by atoms with Crippen molar-refractivity contribution < 1.29 is 4.79 Å². The number of H-pyrrole nitrogens is 1. The topological polar surface area (TPSA) is 57.2 Å². The lowest BCUT2D eigenvalue weighted by molar-refractivity contribution is -0.127. The quantitative estimate of drug-likeness (QED) is 0.465. The van der Waals surface area contributed by atoms with Crippen molar-refractivity contribution in [1.29, 1.82) is 0 Å². The number of hydrogen-bond donors (Lipinski definition) is 1. The van der Waals surface area contributed by atoms with Gasteiger partial charge < -0.3 is 4.90 Å². The minimum Gasteiger partial charge on any atom is -0.337 e. The van der Waals surface area contributed by atoms with Crippen molar-refractivity contribution in [3.8, 4) is 11.4 Å². The van der Waals surface area contributed by atoms with E-state index in [2.05, 4.69) is 46.2 Å². The van der Waals surface area contributed by atoms with E-state index in [1.165, 1.54) is 5.56 Å². The van der Waals surface area contributed by atoms with Gasteiger partial charge in [-0.25, -0.2) is 4.68 Å². The monoisotopic (exact) mass is 439 g/mol. The van der Waals surface area contributed by atoms with Crippen LogP contribution in [0.25, 0.3) is 17.5 Å². The van der Waals surface area contributed by atoms with E-state index in [1.54, 1.807) is 17.4 Å². The van der Waals surface area contributed by atoms with Crippen molar-refractivity contribution in [3.05, 3.63) is 63.1 Å². The number of piperazine rings is 1. The molecule has 1 N–H and O–H groups in total. The number of carbonyl (C=O) groups is 1. The van der Waals surface area contributed by atoms with Crippen LogP contribution in [0.4, 0.5) is 0 Å². The molecule has 0 bridgehead atoms. The molecule has 0 aliphatic carbocycles. The van der Waals surface area contributed by atoms with Crippen molar-refractivity contribution in [2.45, 2.75) is 20.0 Å². The van der Waals surface area contributed by atoms with Gasteiger partial charge in [-0.1, -0.05) is 37.3 Å². The summed E-state index contributed by atoms with van der Waals surface area (Å²) in [5.74, 6) is 0.856. The van der Waals surface area contributed by atoms with Crippen LogP contribution >= 0.6 is 23.6 Å². The van der Waals surface area contributed by atoms with Crippen LogP contribution < -0.4 is 0 Å². The lowest BCUT2D eigenvalue weighted by atomic mass is 10.1. The van der Waals surface area contributed by atoms with Crippen molar-refractivity contribution in [2.24, 2.45) is 0 Å². The number of nitrogens with one attached hydrogen (secondary N) is 1. The number of nitrogens with zero attached hydrogens (tertiary/aromatic N) is 4. The Morgan fingerprint density at radius 1 is 1.20 bits per heavy atom. The van der Waals surface area contributed by atoms with Gasteiger partial charge in [0.25, 0.3) is 0 Å². The summed E-state index contributed by atoms with van der Waals surface area (Å²) in [6.45, 7) is 5.82. The van der Waals surface area contributed by atoms with E-state index in [4.69, 9.17) is 12.2 Å². The first kappa shape index (κ1) is 20.7. The van der Waals surface area contributed by atoms with Crippen LogP contribution in [0, 0.1) is 4.77 Å². The van der Waals surface area contributed by atoms with Crippen LogP contribution in [0.1, 0.15) is 17.4 Å². The number of benzene rings is 1. The predicted octanol–water partition coefficient (Wildman–Crippen LogP) is 4.05. The molecule has 8 heteroatoms. The highest BCUT2D eigenvalue weighted by atomic mass is 32.1. The summed E-state index contributed by atoms with van der Waals surface area (Å²) >= 11 is 7.08. The summed E-state index contributed by atoms with van der Waals surface area (Å²) in [5, 5.41) is 5.33. The number of thiophene rings is 1. The van der Waals surface area contributed by atoms with E-state index >= 15 is 0 Å². The van der Waals surface area contributed by atoms with E-state index in [-0.39, 0.29) is 5.91 Å². The number of aryl methyl sites for hydroxylation is 1. The third-order valence-corrected chi connectivity index (χ3v) is 6.42. The van der Waals surface area contributed by atoms with Crippen molar-refractivity contribution in [1.82, 2.24) is 24.6 Å². The van der Waals surface area contributed by atoms with Crippen LogP contribution in [0.5, 0.6) is 0 Å². The Morgan fingerprint density at radius 2 is 1.97 bits per heavy atom. The Hall–Kier alpha value is -2.55. The third-order valence-electron chi connectivity index (χ3n) is 5.27. The first-order valence-corrected chi connectivity index (χ1v) is 11.4. The summed E-state index contributed by atoms with van der Waals surface area (Å²) in [6, 6.07) is 12.4. The Kier molecular flexibility index (Phi) is 6.56. The van der Waals surface area contributed by atoms with Gasteiger partial charge in [0.2, 0.25) is 10.7 Å². The molecule has 156 valence electrons. The average molecular weight is 440 g/mol. The minimum absolute atomic E-state index is 0.0685. The van der Waals surface area contributed by atoms with E-state index in [9.17, 15) is 4.79 Å². The highest BCUT2D eigenvalue weighted by molar-refractivity contribution is 7.71. The predicted molar refractivity (Wildman–Crippen MR) is 124 cm³/mol. The summed E-state index contributed by atoms with van der Waals surface area (Å²) in [5.41, 5.74) is 2.33. The van der Waals surface area contributed by atoms with Crippen molar-refractivity contribution >= 4 is 35.5 Å². The van der Waals surface area contributed by atoms with E-state index < -0.39 is 0 Å². The first-order chi connectivity index (χ1) is 14.6. The zero-order chi connectivity index (χ0) is 20.9. The van der Waals surface area contributed by atoms with Gasteiger partial charge in [-0.05, 0) is 41.7 Å². The Balaban J connectivity index is 1.33. The van der Waals surface area contributed by atoms with Crippen molar-refractivity contribution in [2.75, 3.05) is 26.2 Å². The number of amides is 1. The van der Waals surface area contributed by atoms with Gasteiger partial charge in [0.15, 0.2) is 5.82 Å². The van der Waals surface area contributed by atoms with Gasteiger partial charge in [0.1, 0.15) is 0 Å². The molecular formula is C22H25N5OS2. The van der Waals surface area contributed by atoms with Gasteiger partial charge in [-0.15, -0.1) is 11.3 Å². The minimum atomic E-state index is 0.0685. The number of carbonyl (C=O) groups excluding carboxylic acids is 1. The smallest absolute Gasteiger partial charge is 0.246 e. The van der Waals surface area contributed by atoms with Crippen LogP contribution in [0.3, 0.4) is 0 Å². The molecule has 1 saturated heterocycles. The van der Waals surface area contributed by atoms with Gasteiger partial charge in [-0.2, -0.15) is 4.98 Å². The second kappa shape index (κ2) is 9.51. The molecule has 3 heterocycles. The normalized spacial score (nSPS) is 15.2. The molecule has 2 aromatic heterocycles. The van der Waals surface area contributed by atoms with Crippen molar-refractivity contribution in [3.63, 3.8) is 0 Å². The molecule has 1 fully saturated rings. The summed E-state index contributed by atoms with van der Waals surface area (Å²) in [4.78, 5) is 22.2. The number of hydrogen-bond acceptors (Lipinski definition) is 5. The highest BCUT2D eigenvalue weighted by Gasteiger charge is 2.20.